The highest BCUT2D eigenvalue weighted by atomic mass is 16.5. The lowest BCUT2D eigenvalue weighted by Gasteiger charge is -2.09. The summed E-state index contributed by atoms with van der Waals surface area (Å²) >= 11 is 0. The summed E-state index contributed by atoms with van der Waals surface area (Å²) in [6.45, 7) is 3.16. The molecule has 2 aromatic carbocycles. The molecule has 0 radical (unpaired) electrons. The monoisotopic (exact) mass is 300 g/mol. The Hall–Kier alpha value is -2.49. The fourth-order valence-electron chi connectivity index (χ4n) is 1.98. The van der Waals surface area contributed by atoms with Gasteiger partial charge in [0.2, 0.25) is 0 Å². The molecule has 0 aliphatic rings. The van der Waals surface area contributed by atoms with Gasteiger partial charge in [-0.1, -0.05) is 25.1 Å². The number of aryl methyl sites for hydroxylation is 1. The van der Waals surface area contributed by atoms with E-state index in [1.165, 1.54) is 17.7 Å². The quantitative estimate of drug-likeness (QED) is 0.753. The first-order valence-corrected chi connectivity index (χ1v) is 7.37. The zero-order chi connectivity index (χ0) is 15.8. The van der Waals surface area contributed by atoms with Crippen LogP contribution in [0.1, 0.15) is 29.3 Å². The second-order valence-corrected chi connectivity index (χ2v) is 4.88. The Morgan fingerprint density at radius 1 is 1.00 bits per heavy atom. The molecule has 2 rings (SSSR count). The molecule has 0 bridgehead atoms. The van der Waals surface area contributed by atoms with Crippen molar-refractivity contribution in [2.45, 2.75) is 19.8 Å². The van der Waals surface area contributed by atoms with Crippen molar-refractivity contribution in [2.24, 2.45) is 0 Å². The molecule has 0 fully saturated rings. The number of hydrogen-bond donors (Lipinski definition) is 1. The van der Waals surface area contributed by atoms with Gasteiger partial charge in [-0.05, 0) is 42.3 Å². The molecule has 2 aromatic rings. The van der Waals surface area contributed by atoms with Gasteiger partial charge < -0.3 is 14.6 Å². The predicted octanol–water partition coefficient (Wildman–Crippen LogP) is 3.80. The van der Waals surface area contributed by atoms with Gasteiger partial charge in [-0.3, -0.25) is 0 Å². The summed E-state index contributed by atoms with van der Waals surface area (Å²) < 4.78 is 11.2. The first kappa shape index (κ1) is 15.9. The van der Waals surface area contributed by atoms with Crippen LogP contribution >= 0.6 is 0 Å². The van der Waals surface area contributed by atoms with E-state index in [1.807, 2.05) is 12.1 Å². The molecule has 0 atom stereocenters. The number of carboxylic acids is 1. The van der Waals surface area contributed by atoms with Gasteiger partial charge in [-0.25, -0.2) is 4.79 Å². The standard InChI is InChI=1S/C18H20O4/c1-2-14-7-9-16(10-8-14)21-11-4-12-22-17-6-3-5-15(13-17)18(19)20/h3,5-10,13H,2,4,11-12H2,1H3,(H,19,20). The SMILES string of the molecule is CCc1ccc(OCCCOc2cccc(C(=O)O)c2)cc1. The number of benzene rings is 2. The Labute approximate surface area is 130 Å². The molecule has 4 heteroatoms. The smallest absolute Gasteiger partial charge is 0.335 e. The third-order valence-electron chi connectivity index (χ3n) is 3.24. The van der Waals surface area contributed by atoms with Crippen LogP contribution in [0.25, 0.3) is 0 Å². The molecule has 0 aromatic heterocycles. The Morgan fingerprint density at radius 2 is 1.68 bits per heavy atom. The average molecular weight is 300 g/mol. The molecule has 22 heavy (non-hydrogen) atoms. The summed E-state index contributed by atoms with van der Waals surface area (Å²) in [6, 6.07) is 14.5. The molecule has 0 saturated heterocycles. The van der Waals surface area contributed by atoms with E-state index in [0.717, 1.165) is 18.6 Å². The average Bonchev–Trinajstić information content (AvgIpc) is 2.55. The minimum Gasteiger partial charge on any atom is -0.493 e. The van der Waals surface area contributed by atoms with Crippen LogP contribution in [0.2, 0.25) is 0 Å². The van der Waals surface area contributed by atoms with Crippen LogP contribution in [0.15, 0.2) is 48.5 Å². The Bertz CT molecular complexity index is 605. The number of hydrogen-bond acceptors (Lipinski definition) is 3. The van der Waals surface area contributed by atoms with Crippen molar-refractivity contribution in [3.63, 3.8) is 0 Å². The molecule has 0 unspecified atom stereocenters. The van der Waals surface area contributed by atoms with Gasteiger partial charge >= 0.3 is 5.97 Å². The first-order valence-electron chi connectivity index (χ1n) is 7.37. The molecule has 0 aliphatic heterocycles. The van der Waals surface area contributed by atoms with Crippen LogP contribution in [0.3, 0.4) is 0 Å². The van der Waals surface area contributed by atoms with Gasteiger partial charge in [0.25, 0.3) is 0 Å². The lowest BCUT2D eigenvalue weighted by Crippen LogP contribution is -2.05. The van der Waals surface area contributed by atoms with E-state index in [4.69, 9.17) is 14.6 Å². The van der Waals surface area contributed by atoms with Crippen LogP contribution in [0.5, 0.6) is 11.5 Å². The van der Waals surface area contributed by atoms with Crippen LogP contribution in [-0.4, -0.2) is 24.3 Å². The van der Waals surface area contributed by atoms with Gasteiger partial charge in [0, 0.05) is 6.42 Å². The molecule has 0 heterocycles. The van der Waals surface area contributed by atoms with Gasteiger partial charge in [-0.2, -0.15) is 0 Å². The predicted molar refractivity (Wildman–Crippen MR) is 84.8 cm³/mol. The van der Waals surface area contributed by atoms with Crippen molar-refractivity contribution in [1.29, 1.82) is 0 Å². The van der Waals surface area contributed by atoms with Crippen LogP contribution < -0.4 is 9.47 Å². The lowest BCUT2D eigenvalue weighted by atomic mass is 10.2. The molecule has 0 amide bonds. The van der Waals surface area contributed by atoms with Gasteiger partial charge in [0.05, 0.1) is 18.8 Å². The Morgan fingerprint density at radius 3 is 2.32 bits per heavy atom. The third kappa shape index (κ3) is 4.81. The number of rotatable bonds is 8. The van der Waals surface area contributed by atoms with Crippen molar-refractivity contribution in [2.75, 3.05) is 13.2 Å². The second kappa shape index (κ2) is 8.08. The molecule has 116 valence electrons. The number of carboxylic acid groups (broad SMARTS) is 1. The fourth-order valence-corrected chi connectivity index (χ4v) is 1.98. The third-order valence-corrected chi connectivity index (χ3v) is 3.24. The maximum absolute atomic E-state index is 10.9. The van der Waals surface area contributed by atoms with Crippen molar-refractivity contribution in [3.05, 3.63) is 59.7 Å². The highest BCUT2D eigenvalue weighted by Gasteiger charge is 2.03. The van der Waals surface area contributed by atoms with E-state index in [1.54, 1.807) is 12.1 Å². The van der Waals surface area contributed by atoms with E-state index in [2.05, 4.69) is 19.1 Å². The topological polar surface area (TPSA) is 55.8 Å². The molecular formula is C18H20O4. The first-order chi connectivity index (χ1) is 10.7. The zero-order valence-electron chi connectivity index (χ0n) is 12.6. The van der Waals surface area contributed by atoms with Crippen LogP contribution in [0, 0.1) is 0 Å². The van der Waals surface area contributed by atoms with Crippen molar-refractivity contribution < 1.29 is 19.4 Å². The van der Waals surface area contributed by atoms with E-state index < -0.39 is 5.97 Å². The number of aromatic carboxylic acids is 1. The summed E-state index contributed by atoms with van der Waals surface area (Å²) in [7, 11) is 0. The van der Waals surface area contributed by atoms with E-state index >= 15 is 0 Å². The highest BCUT2D eigenvalue weighted by molar-refractivity contribution is 5.87. The Balaban J connectivity index is 1.70. The molecule has 4 nitrogen and oxygen atoms in total. The van der Waals surface area contributed by atoms with Crippen molar-refractivity contribution in [3.8, 4) is 11.5 Å². The van der Waals surface area contributed by atoms with E-state index in [9.17, 15) is 4.79 Å². The molecular weight excluding hydrogens is 280 g/mol. The van der Waals surface area contributed by atoms with Gasteiger partial charge in [0.1, 0.15) is 11.5 Å². The molecule has 0 saturated carbocycles. The van der Waals surface area contributed by atoms with Gasteiger partial charge in [-0.15, -0.1) is 0 Å². The highest BCUT2D eigenvalue weighted by Crippen LogP contribution is 2.15. The lowest BCUT2D eigenvalue weighted by molar-refractivity contribution is 0.0696. The molecule has 0 spiro atoms. The van der Waals surface area contributed by atoms with E-state index in [0.29, 0.717) is 19.0 Å². The number of ether oxygens (including phenoxy) is 2. The number of carbonyl (C=O) groups is 1. The minimum absolute atomic E-state index is 0.227. The van der Waals surface area contributed by atoms with Crippen LogP contribution in [-0.2, 0) is 6.42 Å². The van der Waals surface area contributed by atoms with Crippen molar-refractivity contribution >= 4 is 5.97 Å². The maximum Gasteiger partial charge on any atom is 0.335 e. The summed E-state index contributed by atoms with van der Waals surface area (Å²) in [5.74, 6) is 0.460. The molecule has 1 N–H and O–H groups in total. The van der Waals surface area contributed by atoms with Crippen molar-refractivity contribution in [1.82, 2.24) is 0 Å². The second-order valence-electron chi connectivity index (χ2n) is 4.88. The summed E-state index contributed by atoms with van der Waals surface area (Å²) in [5, 5.41) is 8.91. The van der Waals surface area contributed by atoms with Gasteiger partial charge in [0.15, 0.2) is 0 Å². The zero-order valence-corrected chi connectivity index (χ0v) is 12.6. The normalized spacial score (nSPS) is 10.2. The minimum atomic E-state index is -0.954. The van der Waals surface area contributed by atoms with Crippen LogP contribution in [0.4, 0.5) is 0 Å². The summed E-state index contributed by atoms with van der Waals surface area (Å²) in [4.78, 5) is 10.9. The molecule has 0 aliphatic carbocycles. The fraction of sp³-hybridized carbons (Fsp3) is 0.278. The largest absolute Gasteiger partial charge is 0.493 e. The summed E-state index contributed by atoms with van der Waals surface area (Å²) in [6.07, 6.45) is 1.75. The van der Waals surface area contributed by atoms with E-state index in [-0.39, 0.29) is 5.56 Å². The summed E-state index contributed by atoms with van der Waals surface area (Å²) in [5.41, 5.74) is 1.51. The maximum atomic E-state index is 10.9. The Kier molecular flexibility index (Phi) is 5.83.